The van der Waals surface area contributed by atoms with Crippen molar-refractivity contribution in [1.82, 2.24) is 0 Å². The number of carbonyl (C=O) groups is 2. The number of hydrogen-bond donors (Lipinski definition) is 2. The molecule has 0 saturated heterocycles. The van der Waals surface area contributed by atoms with E-state index in [4.69, 9.17) is 9.59 Å². The Hall–Kier alpha value is -1.69. The van der Waals surface area contributed by atoms with E-state index in [1.165, 1.54) is 0 Å². The van der Waals surface area contributed by atoms with E-state index in [1.807, 2.05) is 0 Å². The van der Waals surface area contributed by atoms with Crippen molar-refractivity contribution in [3.63, 3.8) is 0 Å². The highest BCUT2D eigenvalue weighted by Gasteiger charge is 2.12. The summed E-state index contributed by atoms with van der Waals surface area (Å²) in [5, 5.41) is 0. The van der Waals surface area contributed by atoms with Gasteiger partial charge in [0.2, 0.25) is 0 Å². The molecule has 0 aliphatic heterocycles. The fourth-order valence-corrected chi connectivity index (χ4v) is 0.857. The van der Waals surface area contributed by atoms with Crippen molar-refractivity contribution in [3.05, 3.63) is 12.2 Å². The fourth-order valence-electron chi connectivity index (χ4n) is 0.376. The maximum absolute atomic E-state index is 10.5. The van der Waals surface area contributed by atoms with Crippen LogP contribution in [0.4, 0.5) is 0 Å². The first-order chi connectivity index (χ1) is 6.41. The molecule has 0 aromatic rings. The van der Waals surface area contributed by atoms with Gasteiger partial charge in [-0.05, 0) is 0 Å². The minimum Gasteiger partial charge on any atom is -0.511 e. The molecular formula is C4H4O8Si2. The lowest BCUT2D eigenvalue weighted by Gasteiger charge is -1.91. The average molecular weight is 236 g/mol. The van der Waals surface area contributed by atoms with Crippen molar-refractivity contribution in [2.24, 2.45) is 0 Å². The predicted octanol–water partition coefficient (Wildman–Crippen LogP) is -2.56. The minimum atomic E-state index is -3.41. The van der Waals surface area contributed by atoms with E-state index in [0.29, 0.717) is 12.2 Å². The van der Waals surface area contributed by atoms with Crippen LogP contribution in [-0.2, 0) is 27.4 Å². The maximum atomic E-state index is 10.5. The van der Waals surface area contributed by atoms with Crippen LogP contribution in [0.3, 0.4) is 0 Å². The molecule has 0 bridgehead atoms. The van der Waals surface area contributed by atoms with Gasteiger partial charge < -0.3 is 18.4 Å². The van der Waals surface area contributed by atoms with Crippen molar-refractivity contribution in [3.8, 4) is 0 Å². The normalized spacial score (nSPS) is 9.43. The quantitative estimate of drug-likeness (QED) is 0.403. The van der Waals surface area contributed by atoms with Gasteiger partial charge in [0.15, 0.2) is 0 Å². The standard InChI is InChI=1S/C4H4O8Si2/c5-3(11-13(7)8)1-2-4(6)12-14(9)10/h1-2,7,9H/b2-1-. The predicted molar refractivity (Wildman–Crippen MR) is 38.6 cm³/mol. The Balaban J connectivity index is 4.04. The van der Waals surface area contributed by atoms with Gasteiger partial charge in [0.25, 0.3) is 0 Å². The van der Waals surface area contributed by atoms with Crippen LogP contribution in [-0.4, -0.2) is 39.9 Å². The van der Waals surface area contributed by atoms with Crippen LogP contribution in [0.2, 0.25) is 0 Å². The van der Waals surface area contributed by atoms with E-state index >= 15 is 0 Å². The molecule has 0 aliphatic rings. The SMILES string of the molecule is O=C(/C=C\C(=O)O[Si](=O)O)O[Si](=O)O. The lowest BCUT2D eigenvalue weighted by Crippen LogP contribution is -2.13. The molecule has 0 aromatic carbocycles. The molecule has 8 nitrogen and oxygen atoms in total. The van der Waals surface area contributed by atoms with Crippen LogP contribution in [0.15, 0.2) is 12.2 Å². The highest BCUT2D eigenvalue weighted by Crippen LogP contribution is 1.84. The topological polar surface area (TPSA) is 127 Å². The molecule has 0 atom stereocenters. The van der Waals surface area contributed by atoms with Gasteiger partial charge >= 0.3 is 30.3 Å². The van der Waals surface area contributed by atoms with E-state index < -0.39 is 30.3 Å². The van der Waals surface area contributed by atoms with Crippen LogP contribution in [0.5, 0.6) is 0 Å². The molecule has 2 N–H and O–H groups in total. The van der Waals surface area contributed by atoms with E-state index in [0.717, 1.165) is 0 Å². The summed E-state index contributed by atoms with van der Waals surface area (Å²) in [6.45, 7) is 0. The lowest BCUT2D eigenvalue weighted by atomic mass is 10.5. The second kappa shape index (κ2) is 5.87. The Morgan fingerprint density at radius 2 is 1.21 bits per heavy atom. The van der Waals surface area contributed by atoms with E-state index in [2.05, 4.69) is 8.85 Å². The number of carbonyl (C=O) groups excluding carboxylic acids is 2. The first kappa shape index (κ1) is 12.3. The molecule has 14 heavy (non-hydrogen) atoms. The second-order valence-electron chi connectivity index (χ2n) is 1.71. The molecule has 76 valence electrons. The monoisotopic (exact) mass is 236 g/mol. The third kappa shape index (κ3) is 6.99. The first-order valence-electron chi connectivity index (χ1n) is 2.99. The summed E-state index contributed by atoms with van der Waals surface area (Å²) in [7, 11) is -6.82. The molecule has 0 fully saturated rings. The van der Waals surface area contributed by atoms with Gasteiger partial charge in [0, 0.05) is 12.2 Å². The summed E-state index contributed by atoms with van der Waals surface area (Å²) >= 11 is 0. The summed E-state index contributed by atoms with van der Waals surface area (Å²) in [6, 6.07) is 0. The van der Waals surface area contributed by atoms with Crippen molar-refractivity contribution in [2.75, 3.05) is 0 Å². The molecule has 0 aromatic heterocycles. The van der Waals surface area contributed by atoms with Gasteiger partial charge in [-0.2, -0.15) is 0 Å². The molecule has 0 unspecified atom stereocenters. The molecule has 10 heteroatoms. The highest BCUT2D eigenvalue weighted by molar-refractivity contribution is 6.29. The van der Waals surface area contributed by atoms with Gasteiger partial charge in [-0.15, -0.1) is 0 Å². The van der Waals surface area contributed by atoms with Crippen LogP contribution >= 0.6 is 0 Å². The van der Waals surface area contributed by atoms with E-state index in [1.54, 1.807) is 0 Å². The van der Waals surface area contributed by atoms with E-state index in [-0.39, 0.29) is 0 Å². The largest absolute Gasteiger partial charge is 0.772 e. The van der Waals surface area contributed by atoms with Crippen molar-refractivity contribution in [2.45, 2.75) is 0 Å². The van der Waals surface area contributed by atoms with Crippen LogP contribution in [0.1, 0.15) is 0 Å². The third-order valence-corrected chi connectivity index (χ3v) is 1.48. The Morgan fingerprint density at radius 1 is 0.929 bits per heavy atom. The van der Waals surface area contributed by atoms with Crippen LogP contribution in [0.25, 0.3) is 0 Å². The van der Waals surface area contributed by atoms with E-state index in [9.17, 15) is 18.5 Å². The molecule has 0 saturated carbocycles. The van der Waals surface area contributed by atoms with Crippen LogP contribution < -0.4 is 0 Å². The Kier molecular flexibility index (Phi) is 5.17. The van der Waals surface area contributed by atoms with Gasteiger partial charge in [0.05, 0.1) is 0 Å². The molecule has 0 amide bonds. The minimum absolute atomic E-state index is 0.492. The zero-order valence-corrected chi connectivity index (χ0v) is 8.50. The lowest BCUT2D eigenvalue weighted by molar-refractivity contribution is -0.133. The van der Waals surface area contributed by atoms with Gasteiger partial charge in [-0.25, -0.2) is 9.59 Å². The van der Waals surface area contributed by atoms with Crippen molar-refractivity contribution < 1.29 is 37.0 Å². The van der Waals surface area contributed by atoms with Gasteiger partial charge in [0.1, 0.15) is 0 Å². The molecule has 0 radical (unpaired) electrons. The fraction of sp³-hybridized carbons (Fsp3) is 0. The zero-order chi connectivity index (χ0) is 11.1. The Morgan fingerprint density at radius 3 is 1.43 bits per heavy atom. The Labute approximate surface area is 80.2 Å². The zero-order valence-electron chi connectivity index (χ0n) is 6.50. The molecule has 0 spiro atoms. The summed E-state index contributed by atoms with van der Waals surface area (Å²) in [6.07, 6.45) is 0.984. The maximum Gasteiger partial charge on any atom is 0.772 e. The molecule has 0 rings (SSSR count). The summed E-state index contributed by atoms with van der Waals surface area (Å²) < 4.78 is 27.4. The summed E-state index contributed by atoms with van der Waals surface area (Å²) in [5.74, 6) is -2.46. The van der Waals surface area contributed by atoms with Gasteiger partial charge in [-0.3, -0.25) is 8.92 Å². The first-order valence-corrected chi connectivity index (χ1v) is 5.52. The number of rotatable bonds is 4. The van der Waals surface area contributed by atoms with Gasteiger partial charge in [-0.1, -0.05) is 0 Å². The molecule has 0 aliphatic carbocycles. The molecular weight excluding hydrogens is 232 g/mol. The average Bonchev–Trinajstić information content (AvgIpc) is 1.98. The third-order valence-electron chi connectivity index (χ3n) is 0.731. The second-order valence-corrected chi connectivity index (χ2v) is 3.18. The number of hydrogen-bond acceptors (Lipinski definition) is 6. The highest BCUT2D eigenvalue weighted by atomic mass is 28.3. The van der Waals surface area contributed by atoms with Crippen molar-refractivity contribution >= 4 is 30.3 Å². The Bertz CT molecular complexity index is 276. The smallest absolute Gasteiger partial charge is 0.511 e. The summed E-state index contributed by atoms with van der Waals surface area (Å²) in [4.78, 5) is 37.1. The summed E-state index contributed by atoms with van der Waals surface area (Å²) in [5.41, 5.74) is 0. The van der Waals surface area contributed by atoms with Crippen molar-refractivity contribution in [1.29, 1.82) is 0 Å². The molecule has 0 heterocycles. The van der Waals surface area contributed by atoms with Crippen LogP contribution in [0, 0.1) is 0 Å².